The van der Waals surface area contributed by atoms with Crippen LogP contribution in [0.2, 0.25) is 0 Å². The average Bonchev–Trinajstić information content (AvgIpc) is 3.49. The van der Waals surface area contributed by atoms with Gasteiger partial charge in [0, 0.05) is 38.4 Å². The zero-order chi connectivity index (χ0) is 32.4. The first-order valence-corrected chi connectivity index (χ1v) is 15.0. The molecule has 0 aliphatic heterocycles. The number of nitriles is 1. The molecule has 11 heteroatoms. The van der Waals surface area contributed by atoms with Gasteiger partial charge in [0.2, 0.25) is 5.91 Å². The maximum atomic E-state index is 14.6. The lowest BCUT2D eigenvalue weighted by Crippen LogP contribution is -2.49. The molecular weight excluding hydrogens is 597 g/mol. The monoisotopic (exact) mass is 632 g/mol. The largest absolute Gasteiger partial charge is 0.416 e. The summed E-state index contributed by atoms with van der Waals surface area (Å²) in [5.74, 6) is -1.52. The van der Waals surface area contributed by atoms with E-state index in [1.165, 1.54) is 23.1 Å². The number of nitrogens with zero attached hydrogens (tertiary/aromatic N) is 4. The summed E-state index contributed by atoms with van der Waals surface area (Å²) in [6.07, 6.45) is -0.368. The van der Waals surface area contributed by atoms with Crippen LogP contribution in [0.25, 0.3) is 0 Å². The average molecular weight is 633 g/mol. The summed E-state index contributed by atoms with van der Waals surface area (Å²) in [6.45, 7) is 2.39. The normalized spacial score (nSPS) is 12.6. The fourth-order valence-corrected chi connectivity index (χ4v) is 5.54. The molecule has 4 aromatic rings. The number of nitrogens with two attached hydrogens (primary N) is 1. The van der Waals surface area contributed by atoms with Gasteiger partial charge in [-0.15, -0.1) is 0 Å². The predicted molar refractivity (Wildman–Crippen MR) is 171 cm³/mol. The van der Waals surface area contributed by atoms with Crippen molar-refractivity contribution < 1.29 is 18.0 Å². The third-order valence-electron chi connectivity index (χ3n) is 7.67. The van der Waals surface area contributed by atoms with Crippen LogP contribution >= 0.6 is 12.2 Å². The number of aromatic nitrogens is 2. The van der Waals surface area contributed by atoms with E-state index in [9.17, 15) is 23.2 Å². The van der Waals surface area contributed by atoms with Crippen LogP contribution in [0.4, 0.5) is 13.2 Å². The molecule has 1 aromatic heterocycles. The van der Waals surface area contributed by atoms with Gasteiger partial charge in [0.25, 0.3) is 0 Å². The number of thiocarbonyl (C=S) groups is 1. The van der Waals surface area contributed by atoms with E-state index in [1.807, 2.05) is 49.4 Å². The molecule has 3 aromatic carbocycles. The van der Waals surface area contributed by atoms with Crippen molar-refractivity contribution in [2.24, 2.45) is 5.73 Å². The van der Waals surface area contributed by atoms with Crippen LogP contribution in [0.15, 0.2) is 91.4 Å². The lowest BCUT2D eigenvalue weighted by Gasteiger charge is -2.34. The van der Waals surface area contributed by atoms with E-state index in [0.29, 0.717) is 37.2 Å². The smallest absolute Gasteiger partial charge is 0.378 e. The number of benzene rings is 3. The molecule has 0 fully saturated rings. The number of nitrogens with one attached hydrogen (secondary N) is 1. The molecule has 0 saturated heterocycles. The van der Waals surface area contributed by atoms with Crippen LogP contribution in [-0.4, -0.2) is 44.5 Å². The summed E-state index contributed by atoms with van der Waals surface area (Å²) >= 11 is 5.85. The maximum Gasteiger partial charge on any atom is 0.416 e. The fourth-order valence-electron chi connectivity index (χ4n) is 5.22. The molecule has 2 atom stereocenters. The van der Waals surface area contributed by atoms with Crippen LogP contribution < -0.4 is 11.1 Å². The molecule has 0 saturated carbocycles. The first kappa shape index (κ1) is 33.4. The summed E-state index contributed by atoms with van der Waals surface area (Å²) in [4.78, 5) is 20.6. The van der Waals surface area contributed by atoms with Crippen molar-refractivity contribution in [2.45, 2.75) is 51.0 Å². The number of hydrogen-bond donors (Lipinski definition) is 2. The summed E-state index contributed by atoms with van der Waals surface area (Å²) in [5.41, 5.74) is 8.21. The second-order valence-electron chi connectivity index (χ2n) is 10.6. The number of hydrogen-bond acceptors (Lipinski definition) is 5. The minimum absolute atomic E-state index is 0.0296. The summed E-state index contributed by atoms with van der Waals surface area (Å²) in [6, 6.07) is 23.6. The zero-order valence-corrected chi connectivity index (χ0v) is 25.7. The predicted octanol–water partition coefficient (Wildman–Crippen LogP) is 5.83. The molecule has 0 spiro atoms. The minimum atomic E-state index is -4.59. The third-order valence-corrected chi connectivity index (χ3v) is 8.05. The Hall–Kier alpha value is -4.53. The number of halogens is 3. The summed E-state index contributed by atoms with van der Waals surface area (Å²) in [7, 11) is 0. The van der Waals surface area contributed by atoms with Crippen LogP contribution in [-0.2, 0) is 30.5 Å². The fraction of sp³-hybridized carbons (Fsp3) is 0.294. The highest BCUT2D eigenvalue weighted by molar-refractivity contribution is 7.80. The number of carbonyl (C=O) groups excluding carboxylic acids is 1. The highest BCUT2D eigenvalue weighted by Gasteiger charge is 2.38. The van der Waals surface area contributed by atoms with Crippen molar-refractivity contribution >= 4 is 23.1 Å². The number of rotatable bonds is 13. The van der Waals surface area contributed by atoms with Gasteiger partial charge in [-0.2, -0.15) is 18.4 Å². The van der Waals surface area contributed by atoms with E-state index in [0.717, 1.165) is 17.2 Å². The summed E-state index contributed by atoms with van der Waals surface area (Å²) < 4.78 is 43.7. The molecule has 45 heavy (non-hydrogen) atoms. The summed E-state index contributed by atoms with van der Waals surface area (Å²) in [5, 5.41) is 12.4. The standard InChI is InChI=1S/C34H35F3N6OS/c1-2-28(19-39)43(22-27-10-6-7-11-29(27)34(35,36)37)33(44)31(32(45)41-17-16-24-8-4-3-5-9-24)30-20-40-23-42(30)21-26-14-12-25(18-38)13-15-26/h3-15,20,23,28,31H,2,16-17,19,21-22,39H2,1H3,(H,41,45)/t28-,31?/m0/s1. The van der Waals surface area contributed by atoms with E-state index in [-0.39, 0.29) is 23.6 Å². The van der Waals surface area contributed by atoms with Gasteiger partial charge >= 0.3 is 6.18 Å². The van der Waals surface area contributed by atoms with Crippen molar-refractivity contribution in [2.75, 3.05) is 13.1 Å². The van der Waals surface area contributed by atoms with E-state index < -0.39 is 29.6 Å². The molecular formula is C34H35F3N6OS. The van der Waals surface area contributed by atoms with Crippen molar-refractivity contribution in [3.8, 4) is 6.07 Å². The Morgan fingerprint density at radius 1 is 1.07 bits per heavy atom. The molecule has 3 N–H and O–H groups in total. The van der Waals surface area contributed by atoms with Crippen molar-refractivity contribution in [3.05, 3.63) is 125 Å². The lowest BCUT2D eigenvalue weighted by atomic mass is 9.99. The molecule has 7 nitrogen and oxygen atoms in total. The first-order chi connectivity index (χ1) is 21.7. The lowest BCUT2D eigenvalue weighted by molar-refractivity contribution is -0.140. The second-order valence-corrected chi connectivity index (χ2v) is 11.1. The molecule has 1 heterocycles. The number of imidazole rings is 1. The number of alkyl halides is 3. The topological polar surface area (TPSA) is 100.0 Å². The molecule has 0 bridgehead atoms. The first-order valence-electron chi connectivity index (χ1n) is 14.6. The van der Waals surface area contributed by atoms with Gasteiger partial charge in [-0.1, -0.05) is 79.8 Å². The molecule has 4 rings (SSSR count). The Labute approximate surface area is 266 Å². The zero-order valence-electron chi connectivity index (χ0n) is 24.9. The van der Waals surface area contributed by atoms with Gasteiger partial charge in [-0.05, 0) is 47.7 Å². The molecule has 0 aliphatic rings. The van der Waals surface area contributed by atoms with Gasteiger partial charge < -0.3 is 20.5 Å². The van der Waals surface area contributed by atoms with Crippen molar-refractivity contribution in [1.29, 1.82) is 5.26 Å². The van der Waals surface area contributed by atoms with Crippen molar-refractivity contribution in [1.82, 2.24) is 19.8 Å². The van der Waals surface area contributed by atoms with Crippen LogP contribution in [0.3, 0.4) is 0 Å². The number of carbonyl (C=O) groups is 1. The quantitative estimate of drug-likeness (QED) is 0.180. The van der Waals surface area contributed by atoms with Gasteiger partial charge in [-0.25, -0.2) is 4.98 Å². The maximum absolute atomic E-state index is 14.6. The highest BCUT2D eigenvalue weighted by Crippen LogP contribution is 2.33. The van der Waals surface area contributed by atoms with Crippen LogP contribution in [0.1, 0.15) is 52.8 Å². The molecule has 0 radical (unpaired) electrons. The Morgan fingerprint density at radius 2 is 1.76 bits per heavy atom. The van der Waals surface area contributed by atoms with E-state index in [1.54, 1.807) is 29.2 Å². The molecule has 1 amide bonds. The Bertz CT molecular complexity index is 1610. The highest BCUT2D eigenvalue weighted by atomic mass is 32.1. The molecule has 0 aliphatic carbocycles. The van der Waals surface area contributed by atoms with Crippen LogP contribution in [0, 0.1) is 11.3 Å². The molecule has 234 valence electrons. The van der Waals surface area contributed by atoms with E-state index in [4.69, 9.17) is 18.0 Å². The van der Waals surface area contributed by atoms with Crippen LogP contribution in [0.5, 0.6) is 0 Å². The second kappa shape index (κ2) is 15.5. The van der Waals surface area contributed by atoms with Gasteiger partial charge in [-0.3, -0.25) is 4.79 Å². The Morgan fingerprint density at radius 3 is 2.40 bits per heavy atom. The van der Waals surface area contributed by atoms with Gasteiger partial charge in [0.15, 0.2) is 0 Å². The van der Waals surface area contributed by atoms with Gasteiger partial charge in [0.1, 0.15) is 5.92 Å². The van der Waals surface area contributed by atoms with E-state index in [2.05, 4.69) is 16.4 Å². The van der Waals surface area contributed by atoms with Crippen molar-refractivity contribution in [3.63, 3.8) is 0 Å². The van der Waals surface area contributed by atoms with Gasteiger partial charge in [0.05, 0.1) is 34.2 Å². The minimum Gasteiger partial charge on any atom is -0.378 e. The number of amides is 1. The third kappa shape index (κ3) is 8.56. The Balaban J connectivity index is 1.71. The Kier molecular flexibility index (Phi) is 11.5. The van der Waals surface area contributed by atoms with E-state index >= 15 is 0 Å². The molecule has 1 unspecified atom stereocenters. The SMILES string of the molecule is CC[C@@H](CN)N(Cc1ccccc1C(F)(F)F)C(=O)C(C(=S)NCCc1ccccc1)c1cncn1Cc1ccc(C#N)cc1.